The summed E-state index contributed by atoms with van der Waals surface area (Å²) in [5.74, 6) is -3.14. The van der Waals surface area contributed by atoms with Crippen LogP contribution in [0, 0.1) is 23.0 Å². The molecule has 0 saturated carbocycles. The topological polar surface area (TPSA) is 53.3 Å². The number of amides is 1. The van der Waals surface area contributed by atoms with Crippen molar-refractivity contribution < 1.29 is 18.4 Å². The van der Waals surface area contributed by atoms with E-state index in [4.69, 9.17) is 5.26 Å². The van der Waals surface area contributed by atoms with Crippen molar-refractivity contribution in [1.29, 1.82) is 5.26 Å². The second-order valence-corrected chi connectivity index (χ2v) is 2.91. The smallest absolute Gasteiger partial charge is 0.274 e. The Bertz CT molecular complexity index is 445. The van der Waals surface area contributed by atoms with Gasteiger partial charge in [-0.3, -0.25) is 9.63 Å². The number of hydroxylamine groups is 2. The van der Waals surface area contributed by atoms with Gasteiger partial charge in [-0.2, -0.15) is 5.26 Å². The second-order valence-electron chi connectivity index (χ2n) is 2.91. The number of carbonyl (C=O) groups is 1. The molecule has 0 radical (unpaired) electrons. The molecule has 1 aromatic carbocycles. The third-order valence-electron chi connectivity index (χ3n) is 1.94. The van der Waals surface area contributed by atoms with Gasteiger partial charge in [0, 0.05) is 7.05 Å². The first kappa shape index (κ1) is 12.1. The Morgan fingerprint density at radius 3 is 2.31 bits per heavy atom. The highest BCUT2D eigenvalue weighted by atomic mass is 19.1. The van der Waals surface area contributed by atoms with Crippen LogP contribution in [0.15, 0.2) is 12.1 Å². The maximum atomic E-state index is 13.4. The van der Waals surface area contributed by atoms with Crippen LogP contribution in [0.5, 0.6) is 0 Å². The highest BCUT2D eigenvalue weighted by Crippen LogP contribution is 2.16. The van der Waals surface area contributed by atoms with Gasteiger partial charge < -0.3 is 0 Å². The first-order valence-corrected chi connectivity index (χ1v) is 4.22. The molecule has 0 atom stereocenters. The molecule has 0 spiro atoms. The molecular weight excluding hydrogens is 218 g/mol. The number of hydrogen-bond acceptors (Lipinski definition) is 3. The number of nitrogens with zero attached hydrogens (tertiary/aromatic N) is 2. The summed E-state index contributed by atoms with van der Waals surface area (Å²) in [6, 6.07) is 3.16. The highest BCUT2D eigenvalue weighted by Gasteiger charge is 2.21. The maximum Gasteiger partial charge on any atom is 0.283 e. The Morgan fingerprint density at radius 1 is 1.44 bits per heavy atom. The molecule has 0 aliphatic rings. The minimum Gasteiger partial charge on any atom is -0.274 e. The quantitative estimate of drug-likeness (QED) is 0.717. The van der Waals surface area contributed by atoms with Crippen LogP contribution >= 0.6 is 0 Å². The van der Waals surface area contributed by atoms with Crippen LogP contribution in [0.4, 0.5) is 8.78 Å². The molecule has 1 rings (SSSR count). The molecule has 0 aliphatic heterocycles. The third-order valence-corrected chi connectivity index (χ3v) is 1.94. The molecule has 0 aliphatic carbocycles. The summed E-state index contributed by atoms with van der Waals surface area (Å²) >= 11 is 0. The van der Waals surface area contributed by atoms with Gasteiger partial charge in [0.05, 0.1) is 18.7 Å². The lowest BCUT2D eigenvalue weighted by molar-refractivity contribution is -0.0762. The van der Waals surface area contributed by atoms with Crippen molar-refractivity contribution in [1.82, 2.24) is 5.06 Å². The lowest BCUT2D eigenvalue weighted by atomic mass is 10.1. The Hall–Kier alpha value is -2.00. The number of benzene rings is 1. The van der Waals surface area contributed by atoms with Gasteiger partial charge in [-0.15, -0.1) is 0 Å². The van der Waals surface area contributed by atoms with Crippen LogP contribution in [0.3, 0.4) is 0 Å². The van der Waals surface area contributed by atoms with Crippen molar-refractivity contribution in [2.45, 2.75) is 0 Å². The summed E-state index contributed by atoms with van der Waals surface area (Å²) in [6.45, 7) is 0. The molecule has 16 heavy (non-hydrogen) atoms. The lowest BCUT2D eigenvalue weighted by Crippen LogP contribution is -2.27. The molecule has 0 unspecified atom stereocenters. The lowest BCUT2D eigenvalue weighted by Gasteiger charge is -2.14. The van der Waals surface area contributed by atoms with Crippen molar-refractivity contribution in [3.63, 3.8) is 0 Å². The van der Waals surface area contributed by atoms with Crippen LogP contribution in [-0.2, 0) is 4.84 Å². The maximum absolute atomic E-state index is 13.4. The van der Waals surface area contributed by atoms with E-state index >= 15 is 0 Å². The van der Waals surface area contributed by atoms with E-state index in [0.717, 1.165) is 12.1 Å². The predicted molar refractivity (Wildman–Crippen MR) is 50.2 cm³/mol. The summed E-state index contributed by atoms with van der Waals surface area (Å²) in [7, 11) is 2.41. The number of hydrogen-bond donors (Lipinski definition) is 0. The molecule has 84 valence electrons. The average Bonchev–Trinajstić information content (AvgIpc) is 2.26. The van der Waals surface area contributed by atoms with Gasteiger partial charge in [0.15, 0.2) is 0 Å². The molecule has 0 aromatic heterocycles. The Labute approximate surface area is 90.6 Å². The fourth-order valence-electron chi connectivity index (χ4n) is 1.08. The Balaban J connectivity index is 3.26. The minimum atomic E-state index is -1.09. The molecule has 0 saturated heterocycles. The molecule has 1 aromatic rings. The van der Waals surface area contributed by atoms with Gasteiger partial charge in [0.1, 0.15) is 17.2 Å². The van der Waals surface area contributed by atoms with Crippen molar-refractivity contribution >= 4 is 5.91 Å². The largest absolute Gasteiger partial charge is 0.283 e. The summed E-state index contributed by atoms with van der Waals surface area (Å²) in [6.07, 6.45) is 0. The van der Waals surface area contributed by atoms with E-state index in [1.165, 1.54) is 14.2 Å². The Kier molecular flexibility index (Phi) is 3.53. The van der Waals surface area contributed by atoms with E-state index in [0.29, 0.717) is 5.06 Å². The first-order chi connectivity index (χ1) is 7.51. The molecule has 4 nitrogen and oxygen atoms in total. The standard InChI is InChI=1S/C10H8F2N2O2/c1-14(16-2)10(15)9-7(11)3-6(5-13)4-8(9)12/h3-4H,1-2H3. The highest BCUT2D eigenvalue weighted by molar-refractivity contribution is 5.94. The van der Waals surface area contributed by atoms with E-state index < -0.39 is 23.1 Å². The van der Waals surface area contributed by atoms with Gasteiger partial charge in [-0.05, 0) is 12.1 Å². The predicted octanol–water partition coefficient (Wildman–Crippen LogP) is 1.47. The third kappa shape index (κ3) is 2.15. The zero-order valence-corrected chi connectivity index (χ0v) is 8.62. The number of halogens is 2. The molecule has 0 heterocycles. The van der Waals surface area contributed by atoms with E-state index in [-0.39, 0.29) is 5.56 Å². The van der Waals surface area contributed by atoms with Crippen LogP contribution in [0.25, 0.3) is 0 Å². The van der Waals surface area contributed by atoms with Gasteiger partial charge in [0.25, 0.3) is 5.91 Å². The first-order valence-electron chi connectivity index (χ1n) is 4.22. The van der Waals surface area contributed by atoms with E-state index in [9.17, 15) is 13.6 Å². The fraction of sp³-hybridized carbons (Fsp3) is 0.200. The van der Waals surface area contributed by atoms with Crippen molar-refractivity contribution in [3.05, 3.63) is 34.9 Å². The number of nitriles is 1. The monoisotopic (exact) mass is 226 g/mol. The number of carbonyl (C=O) groups excluding carboxylic acids is 1. The van der Waals surface area contributed by atoms with Gasteiger partial charge in [-0.1, -0.05) is 0 Å². The minimum absolute atomic E-state index is 0.188. The number of rotatable bonds is 2. The van der Waals surface area contributed by atoms with Crippen molar-refractivity contribution in [2.24, 2.45) is 0 Å². The molecule has 0 N–H and O–H groups in total. The van der Waals surface area contributed by atoms with E-state index in [1.54, 1.807) is 6.07 Å². The summed E-state index contributed by atoms with van der Waals surface area (Å²) in [5, 5.41) is 9.16. The average molecular weight is 226 g/mol. The summed E-state index contributed by atoms with van der Waals surface area (Å²) in [5.41, 5.74) is -0.935. The van der Waals surface area contributed by atoms with E-state index in [2.05, 4.69) is 4.84 Å². The zero-order chi connectivity index (χ0) is 12.3. The molecule has 1 amide bonds. The van der Waals surface area contributed by atoms with Gasteiger partial charge >= 0.3 is 0 Å². The zero-order valence-electron chi connectivity index (χ0n) is 8.62. The van der Waals surface area contributed by atoms with Gasteiger partial charge in [-0.25, -0.2) is 13.8 Å². The molecule has 0 fully saturated rings. The van der Waals surface area contributed by atoms with Crippen LogP contribution in [0.1, 0.15) is 15.9 Å². The SMILES string of the molecule is CON(C)C(=O)c1c(F)cc(C#N)cc1F. The normalized spacial score (nSPS) is 9.69. The van der Waals surface area contributed by atoms with Crippen molar-refractivity contribution in [3.8, 4) is 6.07 Å². The van der Waals surface area contributed by atoms with Crippen LogP contribution < -0.4 is 0 Å². The summed E-state index contributed by atoms with van der Waals surface area (Å²) in [4.78, 5) is 16.0. The molecule has 6 heteroatoms. The van der Waals surface area contributed by atoms with Crippen LogP contribution in [0.2, 0.25) is 0 Å². The van der Waals surface area contributed by atoms with Gasteiger partial charge in [0.2, 0.25) is 0 Å². The second kappa shape index (κ2) is 4.68. The van der Waals surface area contributed by atoms with Crippen molar-refractivity contribution in [2.75, 3.05) is 14.2 Å². The summed E-state index contributed by atoms with van der Waals surface area (Å²) < 4.78 is 26.7. The Morgan fingerprint density at radius 2 is 1.94 bits per heavy atom. The molecular formula is C10H8F2N2O2. The van der Waals surface area contributed by atoms with E-state index in [1.807, 2.05) is 0 Å². The molecule has 0 bridgehead atoms. The fourth-order valence-corrected chi connectivity index (χ4v) is 1.08. The van der Waals surface area contributed by atoms with Crippen LogP contribution in [-0.4, -0.2) is 25.1 Å².